The molecule has 1 amide bonds. The van der Waals surface area contributed by atoms with Gasteiger partial charge in [0.25, 0.3) is 0 Å². The van der Waals surface area contributed by atoms with E-state index < -0.39 is 17.8 Å². The second-order valence-electron chi connectivity index (χ2n) is 5.58. The summed E-state index contributed by atoms with van der Waals surface area (Å²) in [6.07, 6.45) is 5.53. The minimum atomic E-state index is -0.853. The van der Waals surface area contributed by atoms with Crippen molar-refractivity contribution in [2.45, 2.75) is 12.8 Å². The molecule has 0 saturated heterocycles. The van der Waals surface area contributed by atoms with Crippen LogP contribution in [-0.4, -0.2) is 23.5 Å². The van der Waals surface area contributed by atoms with Crippen LogP contribution in [0.4, 0.5) is 0 Å². The fourth-order valence-electron chi connectivity index (χ4n) is 3.43. The number of halogens is 1. The summed E-state index contributed by atoms with van der Waals surface area (Å²) in [5.41, 5.74) is 0. The van der Waals surface area contributed by atoms with E-state index in [4.69, 9.17) is 0 Å². The number of carboxylic acid groups (broad SMARTS) is 1. The number of carboxylic acids is 1. The number of allylic oxidation sites excluding steroid dienone is 2. The van der Waals surface area contributed by atoms with E-state index in [2.05, 4.69) is 21.2 Å². The number of aliphatic carboxylic acids is 1. The van der Waals surface area contributed by atoms with Crippen molar-refractivity contribution < 1.29 is 14.7 Å². The first-order valence-electron chi connectivity index (χ1n) is 6.99. The summed E-state index contributed by atoms with van der Waals surface area (Å²) in [5.74, 6) is -1.82. The Balaban J connectivity index is 1.57. The number of carbonyl (C=O) groups is 2. The Hall–Kier alpha value is -1.14. The standard InChI is InChI=1S/C15H16BrNO3S/c16-11-4-3-10(21-11)5-6-17-14(18)12-8-1-2-9(7-8)13(12)15(19)20/h1-4,8-9,12-13H,5-7H2,(H,17,18)(H,19,20). The van der Waals surface area contributed by atoms with Crippen LogP contribution >= 0.6 is 27.3 Å². The van der Waals surface area contributed by atoms with Crippen LogP contribution in [0.2, 0.25) is 0 Å². The maximum atomic E-state index is 12.3. The summed E-state index contributed by atoms with van der Waals surface area (Å²) in [6.45, 7) is 0.551. The Bertz CT molecular complexity index is 597. The summed E-state index contributed by atoms with van der Waals surface area (Å²) >= 11 is 5.06. The first-order valence-corrected chi connectivity index (χ1v) is 8.60. The normalized spacial score (nSPS) is 29.8. The van der Waals surface area contributed by atoms with Crippen LogP contribution in [0.25, 0.3) is 0 Å². The number of hydrogen-bond donors (Lipinski definition) is 2. The fraction of sp³-hybridized carbons (Fsp3) is 0.467. The van der Waals surface area contributed by atoms with Crippen molar-refractivity contribution in [2.24, 2.45) is 23.7 Å². The van der Waals surface area contributed by atoms with Gasteiger partial charge in [0.05, 0.1) is 15.6 Å². The number of fused-ring (bicyclic) bond motifs is 2. The highest BCUT2D eigenvalue weighted by Crippen LogP contribution is 2.48. The predicted molar refractivity (Wildman–Crippen MR) is 84.1 cm³/mol. The zero-order valence-electron chi connectivity index (χ0n) is 11.3. The Labute approximate surface area is 135 Å². The molecule has 0 spiro atoms. The number of hydrogen-bond acceptors (Lipinski definition) is 3. The molecule has 1 fully saturated rings. The molecule has 6 heteroatoms. The highest BCUT2D eigenvalue weighted by atomic mass is 79.9. The van der Waals surface area contributed by atoms with Gasteiger partial charge in [0, 0.05) is 11.4 Å². The summed E-state index contributed by atoms with van der Waals surface area (Å²) in [6, 6.07) is 4.02. The van der Waals surface area contributed by atoms with Crippen LogP contribution in [0.3, 0.4) is 0 Å². The lowest BCUT2D eigenvalue weighted by atomic mass is 9.82. The first-order chi connectivity index (χ1) is 10.1. The van der Waals surface area contributed by atoms with Gasteiger partial charge in [-0.25, -0.2) is 0 Å². The Morgan fingerprint density at radius 2 is 2.00 bits per heavy atom. The molecule has 2 aliphatic carbocycles. The quantitative estimate of drug-likeness (QED) is 0.784. The van der Waals surface area contributed by atoms with Crippen molar-refractivity contribution in [1.82, 2.24) is 5.32 Å². The SMILES string of the molecule is O=C(O)C1C2C=CC(C2)C1C(=O)NCCc1ccc(Br)s1. The lowest BCUT2D eigenvalue weighted by Gasteiger charge is -2.23. The molecule has 2 aliphatic rings. The van der Waals surface area contributed by atoms with Crippen LogP contribution < -0.4 is 5.32 Å². The molecule has 4 atom stereocenters. The van der Waals surface area contributed by atoms with E-state index in [9.17, 15) is 14.7 Å². The maximum Gasteiger partial charge on any atom is 0.307 e. The minimum Gasteiger partial charge on any atom is -0.481 e. The van der Waals surface area contributed by atoms with Crippen molar-refractivity contribution in [3.05, 3.63) is 32.9 Å². The second kappa shape index (κ2) is 5.93. The van der Waals surface area contributed by atoms with Gasteiger partial charge in [0.1, 0.15) is 0 Å². The summed E-state index contributed by atoms with van der Waals surface area (Å²) in [7, 11) is 0. The van der Waals surface area contributed by atoms with E-state index in [-0.39, 0.29) is 17.7 Å². The molecule has 3 rings (SSSR count). The van der Waals surface area contributed by atoms with Crippen molar-refractivity contribution in [2.75, 3.05) is 6.54 Å². The van der Waals surface area contributed by atoms with Crippen molar-refractivity contribution in [3.8, 4) is 0 Å². The highest BCUT2D eigenvalue weighted by molar-refractivity contribution is 9.11. The molecule has 21 heavy (non-hydrogen) atoms. The molecule has 4 nitrogen and oxygen atoms in total. The van der Waals surface area contributed by atoms with E-state index in [1.54, 1.807) is 11.3 Å². The van der Waals surface area contributed by atoms with Crippen LogP contribution in [0, 0.1) is 23.7 Å². The third-order valence-corrected chi connectivity index (χ3v) is 6.03. The predicted octanol–water partition coefficient (Wildman–Crippen LogP) is 2.69. The second-order valence-corrected chi connectivity index (χ2v) is 8.13. The number of thiophene rings is 1. The Kier molecular flexibility index (Phi) is 4.17. The van der Waals surface area contributed by atoms with E-state index in [1.807, 2.05) is 24.3 Å². The average molecular weight is 370 g/mol. The van der Waals surface area contributed by atoms with Crippen molar-refractivity contribution in [1.29, 1.82) is 0 Å². The Morgan fingerprint density at radius 1 is 1.29 bits per heavy atom. The molecule has 1 aromatic heterocycles. The summed E-state index contributed by atoms with van der Waals surface area (Å²) in [5, 5.41) is 12.3. The smallest absolute Gasteiger partial charge is 0.307 e. The minimum absolute atomic E-state index is 0.0245. The molecular formula is C15H16BrNO3S. The molecule has 4 unspecified atom stereocenters. The van der Waals surface area contributed by atoms with Gasteiger partial charge in [0.2, 0.25) is 5.91 Å². The molecule has 0 radical (unpaired) electrons. The zero-order chi connectivity index (χ0) is 15.0. The highest BCUT2D eigenvalue weighted by Gasteiger charge is 2.51. The molecule has 1 heterocycles. The van der Waals surface area contributed by atoms with Gasteiger partial charge in [-0.15, -0.1) is 11.3 Å². The topological polar surface area (TPSA) is 66.4 Å². The van der Waals surface area contributed by atoms with Crippen molar-refractivity contribution >= 4 is 39.1 Å². The largest absolute Gasteiger partial charge is 0.481 e. The first kappa shape index (κ1) is 14.8. The van der Waals surface area contributed by atoms with Crippen LogP contribution in [0.5, 0.6) is 0 Å². The summed E-state index contributed by atoms with van der Waals surface area (Å²) in [4.78, 5) is 24.9. The monoisotopic (exact) mass is 369 g/mol. The molecular weight excluding hydrogens is 354 g/mol. The van der Waals surface area contributed by atoms with Gasteiger partial charge in [-0.3, -0.25) is 9.59 Å². The molecule has 0 aliphatic heterocycles. The average Bonchev–Trinajstić information content (AvgIpc) is 3.13. The van der Waals surface area contributed by atoms with Gasteiger partial charge in [-0.05, 0) is 52.7 Å². The molecule has 112 valence electrons. The van der Waals surface area contributed by atoms with Gasteiger partial charge >= 0.3 is 5.97 Å². The van der Waals surface area contributed by atoms with Gasteiger partial charge in [-0.2, -0.15) is 0 Å². The van der Waals surface area contributed by atoms with E-state index in [1.165, 1.54) is 4.88 Å². The third-order valence-electron chi connectivity index (χ3n) is 4.35. The molecule has 2 bridgehead atoms. The van der Waals surface area contributed by atoms with Crippen LogP contribution in [0.1, 0.15) is 11.3 Å². The van der Waals surface area contributed by atoms with E-state index in [0.29, 0.717) is 6.54 Å². The van der Waals surface area contributed by atoms with Crippen LogP contribution in [-0.2, 0) is 16.0 Å². The summed E-state index contributed by atoms with van der Waals surface area (Å²) < 4.78 is 1.08. The molecule has 1 saturated carbocycles. The lowest BCUT2D eigenvalue weighted by molar-refractivity contribution is -0.147. The van der Waals surface area contributed by atoms with E-state index >= 15 is 0 Å². The van der Waals surface area contributed by atoms with Crippen molar-refractivity contribution in [3.63, 3.8) is 0 Å². The number of carbonyl (C=O) groups excluding carboxylic acids is 1. The zero-order valence-corrected chi connectivity index (χ0v) is 13.7. The molecule has 1 aromatic rings. The maximum absolute atomic E-state index is 12.3. The fourth-order valence-corrected chi connectivity index (χ4v) is 4.91. The number of rotatable bonds is 5. The van der Waals surface area contributed by atoms with Gasteiger partial charge in [0.15, 0.2) is 0 Å². The van der Waals surface area contributed by atoms with E-state index in [0.717, 1.165) is 16.6 Å². The number of nitrogens with one attached hydrogen (secondary N) is 1. The third kappa shape index (κ3) is 2.92. The molecule has 0 aromatic carbocycles. The van der Waals surface area contributed by atoms with Gasteiger partial charge < -0.3 is 10.4 Å². The lowest BCUT2D eigenvalue weighted by Crippen LogP contribution is -2.40. The van der Waals surface area contributed by atoms with Gasteiger partial charge in [-0.1, -0.05) is 12.2 Å². The van der Waals surface area contributed by atoms with Crippen LogP contribution in [0.15, 0.2) is 28.1 Å². The number of amides is 1. The molecule has 2 N–H and O–H groups in total. The Morgan fingerprint density at radius 3 is 2.62 bits per heavy atom.